The van der Waals surface area contributed by atoms with Gasteiger partial charge in [-0.25, -0.2) is 0 Å². The van der Waals surface area contributed by atoms with Crippen molar-refractivity contribution in [1.29, 1.82) is 0 Å². The quantitative estimate of drug-likeness (QED) is 0.162. The van der Waals surface area contributed by atoms with Crippen LogP contribution in [0.1, 0.15) is 27.7 Å². The van der Waals surface area contributed by atoms with E-state index in [0.717, 1.165) is 61.0 Å². The zero-order chi connectivity index (χ0) is 41.2. The van der Waals surface area contributed by atoms with Crippen LogP contribution in [-0.4, -0.2) is 0 Å². The summed E-state index contributed by atoms with van der Waals surface area (Å²) >= 11 is 0. The van der Waals surface area contributed by atoms with E-state index in [1.165, 1.54) is 5.56 Å². The van der Waals surface area contributed by atoms with E-state index in [-0.39, 0.29) is 35.4 Å². The summed E-state index contributed by atoms with van der Waals surface area (Å²) in [5, 5.41) is 1.78. The number of fused-ring (bicyclic) bond motifs is 6. The maximum absolute atomic E-state index is 9.85. The Morgan fingerprint density at radius 3 is 1.74 bits per heavy atom. The van der Waals surface area contributed by atoms with E-state index in [1.807, 2.05) is 102 Å². The van der Waals surface area contributed by atoms with Crippen LogP contribution in [0.15, 0.2) is 229 Å². The van der Waals surface area contributed by atoms with Crippen molar-refractivity contribution in [3.8, 4) is 33.4 Å². The lowest BCUT2D eigenvalue weighted by molar-refractivity contribution is 0.669. The molecule has 0 aliphatic heterocycles. The van der Waals surface area contributed by atoms with Gasteiger partial charge in [0.25, 0.3) is 0 Å². The van der Waals surface area contributed by atoms with Crippen molar-refractivity contribution in [3.63, 3.8) is 0 Å². The molecule has 1 aromatic heterocycles. The second-order valence-corrected chi connectivity index (χ2v) is 14.5. The van der Waals surface area contributed by atoms with Crippen molar-refractivity contribution in [2.75, 3.05) is 4.90 Å². The number of benzene rings is 9. The monoisotopic (exact) mass is 731 g/mol. The zero-order valence-electron chi connectivity index (χ0n) is 34.9. The number of nitrogens with zero attached hydrogens (tertiary/aromatic N) is 1. The van der Waals surface area contributed by atoms with E-state index < -0.39 is 5.41 Å². The van der Waals surface area contributed by atoms with Gasteiger partial charge in [-0.15, -0.1) is 0 Å². The molecule has 268 valence electrons. The normalized spacial score (nSPS) is 13.7. The maximum Gasteiger partial charge on any atom is 0.135 e. The third-order valence-electron chi connectivity index (χ3n) is 11.4. The number of furan rings is 1. The van der Waals surface area contributed by atoms with E-state index in [1.54, 1.807) is 0 Å². The van der Waals surface area contributed by atoms with Crippen molar-refractivity contribution < 1.29 is 9.90 Å². The molecule has 1 aliphatic carbocycles. The minimum Gasteiger partial charge on any atom is -0.456 e. The van der Waals surface area contributed by atoms with Crippen molar-refractivity contribution in [3.05, 3.63) is 247 Å². The molecule has 2 heteroatoms. The van der Waals surface area contributed by atoms with Crippen molar-refractivity contribution in [2.45, 2.75) is 5.41 Å². The highest BCUT2D eigenvalue weighted by Gasteiger charge is 2.46. The first-order valence-corrected chi connectivity index (χ1v) is 19.3. The number of anilines is 3. The Hall–Kier alpha value is -7.42. The van der Waals surface area contributed by atoms with Crippen LogP contribution in [0, 0.1) is 0 Å². The molecule has 0 unspecified atom stereocenters. The highest BCUT2D eigenvalue weighted by molar-refractivity contribution is 6.06. The predicted octanol–water partition coefficient (Wildman–Crippen LogP) is 14.8. The van der Waals surface area contributed by atoms with Gasteiger partial charge in [-0.3, -0.25) is 0 Å². The molecule has 9 aromatic carbocycles. The topological polar surface area (TPSA) is 16.4 Å². The average Bonchev–Trinajstić information content (AvgIpc) is 3.84. The standard InChI is InChI=1S/C55H37NO/c1-4-16-39(17-5-1)45-22-11-14-26-52(45)56(43-31-28-38(29-32-43)40-30-35-54-49(36-40)48-24-12-15-27-53(48)57-54)44-33-34-47-46-23-10-13-25-50(46)55(51(47)37-44,41-18-6-2-7-19-41)42-20-8-3-9-21-42/h1-37H/i28D,29D,31D,32D. The van der Waals surface area contributed by atoms with Gasteiger partial charge < -0.3 is 9.32 Å². The van der Waals surface area contributed by atoms with Gasteiger partial charge in [0.1, 0.15) is 11.2 Å². The fourth-order valence-corrected chi connectivity index (χ4v) is 8.93. The fourth-order valence-electron chi connectivity index (χ4n) is 8.93. The Kier molecular flexibility index (Phi) is 6.81. The van der Waals surface area contributed by atoms with E-state index in [9.17, 15) is 5.48 Å². The molecule has 0 atom stereocenters. The van der Waals surface area contributed by atoms with E-state index in [4.69, 9.17) is 4.42 Å². The van der Waals surface area contributed by atoms with Gasteiger partial charge in [0.15, 0.2) is 0 Å². The Bertz CT molecular complexity index is 3240. The first-order valence-electron chi connectivity index (χ1n) is 21.3. The van der Waals surface area contributed by atoms with Gasteiger partial charge in [0, 0.05) is 27.7 Å². The molecule has 11 rings (SSSR count). The third-order valence-corrected chi connectivity index (χ3v) is 11.4. The first kappa shape index (κ1) is 28.9. The summed E-state index contributed by atoms with van der Waals surface area (Å²) in [6, 6.07) is 67.2. The average molecular weight is 732 g/mol. The van der Waals surface area contributed by atoms with Gasteiger partial charge in [-0.2, -0.15) is 0 Å². The number of rotatable bonds is 7. The summed E-state index contributed by atoms with van der Waals surface area (Å²) in [5.41, 5.74) is 11.8. The number of hydrogen-bond acceptors (Lipinski definition) is 2. The molecule has 10 aromatic rings. The second kappa shape index (κ2) is 13.4. The molecular formula is C55H37NO. The number of hydrogen-bond donors (Lipinski definition) is 0. The molecule has 57 heavy (non-hydrogen) atoms. The van der Waals surface area contributed by atoms with E-state index in [0.29, 0.717) is 16.8 Å². The smallest absolute Gasteiger partial charge is 0.135 e. The predicted molar refractivity (Wildman–Crippen MR) is 237 cm³/mol. The summed E-state index contributed by atoms with van der Waals surface area (Å²) in [7, 11) is 0. The Morgan fingerprint density at radius 2 is 0.982 bits per heavy atom. The molecule has 0 saturated carbocycles. The van der Waals surface area contributed by atoms with Crippen LogP contribution >= 0.6 is 0 Å². The molecule has 0 N–H and O–H groups in total. The Balaban J connectivity index is 1.19. The van der Waals surface area contributed by atoms with E-state index in [2.05, 4.69) is 103 Å². The van der Waals surface area contributed by atoms with Crippen LogP contribution in [0.25, 0.3) is 55.3 Å². The van der Waals surface area contributed by atoms with Crippen LogP contribution in [0.4, 0.5) is 17.1 Å². The minimum absolute atomic E-state index is 0.123. The van der Waals surface area contributed by atoms with Crippen LogP contribution < -0.4 is 4.90 Å². The third kappa shape index (κ3) is 5.26. The summed E-state index contributed by atoms with van der Waals surface area (Å²) < 4.78 is 45.1. The van der Waals surface area contributed by atoms with Crippen LogP contribution in [0.2, 0.25) is 0 Å². The molecule has 0 saturated heterocycles. The summed E-state index contributed by atoms with van der Waals surface area (Å²) in [5.74, 6) is 0. The molecule has 0 fully saturated rings. The zero-order valence-corrected chi connectivity index (χ0v) is 30.9. The largest absolute Gasteiger partial charge is 0.456 e. The summed E-state index contributed by atoms with van der Waals surface area (Å²) in [6.07, 6.45) is 0. The molecule has 0 bridgehead atoms. The highest BCUT2D eigenvalue weighted by atomic mass is 16.3. The lowest BCUT2D eigenvalue weighted by atomic mass is 9.67. The lowest BCUT2D eigenvalue weighted by Gasteiger charge is -2.35. The number of para-hydroxylation sites is 2. The van der Waals surface area contributed by atoms with Crippen LogP contribution in [0.5, 0.6) is 0 Å². The van der Waals surface area contributed by atoms with Crippen LogP contribution in [-0.2, 0) is 5.41 Å². The first-order chi connectivity index (χ1) is 29.9. The van der Waals surface area contributed by atoms with Gasteiger partial charge >= 0.3 is 0 Å². The van der Waals surface area contributed by atoms with E-state index >= 15 is 0 Å². The Morgan fingerprint density at radius 1 is 0.386 bits per heavy atom. The summed E-state index contributed by atoms with van der Waals surface area (Å²) in [6.45, 7) is 0. The Labute approximate surface area is 338 Å². The van der Waals surface area contributed by atoms with Gasteiger partial charge in [0.05, 0.1) is 16.6 Å². The van der Waals surface area contributed by atoms with Crippen molar-refractivity contribution >= 4 is 39.0 Å². The minimum atomic E-state index is -0.691. The summed E-state index contributed by atoms with van der Waals surface area (Å²) in [4.78, 5) is 1.93. The van der Waals surface area contributed by atoms with Gasteiger partial charge in [-0.05, 0) is 98.6 Å². The molecule has 1 aliphatic rings. The molecule has 2 nitrogen and oxygen atoms in total. The molecular weight excluding hydrogens is 691 g/mol. The maximum atomic E-state index is 9.85. The van der Waals surface area contributed by atoms with Crippen LogP contribution in [0.3, 0.4) is 0 Å². The highest BCUT2D eigenvalue weighted by Crippen LogP contribution is 2.57. The molecule has 0 spiro atoms. The van der Waals surface area contributed by atoms with Gasteiger partial charge in [-0.1, -0.05) is 176 Å². The van der Waals surface area contributed by atoms with Crippen molar-refractivity contribution in [1.82, 2.24) is 0 Å². The molecule has 1 heterocycles. The van der Waals surface area contributed by atoms with Gasteiger partial charge in [0.2, 0.25) is 0 Å². The lowest BCUT2D eigenvalue weighted by Crippen LogP contribution is -2.28. The second-order valence-electron chi connectivity index (χ2n) is 14.5. The molecule has 0 amide bonds. The fraction of sp³-hybridized carbons (Fsp3) is 0.0182. The SMILES string of the molecule is [2H]c1c([2H])c(N(c2ccc3c(c2)C(c2ccccc2)(c2ccccc2)c2ccccc2-3)c2ccccc2-c2ccccc2)c([2H])c([2H])c1-c1ccc2oc3ccccc3c2c1. The molecule has 0 radical (unpaired) electrons. The van der Waals surface area contributed by atoms with Crippen molar-refractivity contribution in [2.24, 2.45) is 0 Å².